The number of methoxy groups -OCH3 is 1. The standard InChI is InChI=1S/C26H24N2O4/c1-32-21-11-5-10-20(15-21)24-23(22(29)13-12-18-7-3-2-4-8-18)25(30)26(31)28(24)17-19-9-6-14-27-16-19/h2-11,14-16,24,30H,12-13,17H2,1H3. The molecule has 4 rings (SSSR count). The topological polar surface area (TPSA) is 79.7 Å². The molecule has 0 fully saturated rings. The molecule has 0 aliphatic carbocycles. The molecule has 0 saturated carbocycles. The maximum Gasteiger partial charge on any atom is 0.290 e. The van der Waals surface area contributed by atoms with Crippen molar-refractivity contribution < 1.29 is 19.4 Å². The molecule has 1 N–H and O–H groups in total. The largest absolute Gasteiger partial charge is 0.503 e. The molecule has 2 heterocycles. The summed E-state index contributed by atoms with van der Waals surface area (Å²) < 4.78 is 5.35. The van der Waals surface area contributed by atoms with Crippen LogP contribution >= 0.6 is 0 Å². The van der Waals surface area contributed by atoms with Gasteiger partial charge in [-0.2, -0.15) is 0 Å². The van der Waals surface area contributed by atoms with Crippen LogP contribution in [-0.2, 0) is 22.6 Å². The minimum atomic E-state index is -0.707. The number of carbonyl (C=O) groups excluding carboxylic acids is 2. The van der Waals surface area contributed by atoms with Gasteiger partial charge in [-0.05, 0) is 41.3 Å². The summed E-state index contributed by atoms with van der Waals surface area (Å²) in [6.07, 6.45) is 4.04. The van der Waals surface area contributed by atoms with E-state index < -0.39 is 17.7 Å². The first-order valence-corrected chi connectivity index (χ1v) is 10.4. The fourth-order valence-corrected chi connectivity index (χ4v) is 3.99. The SMILES string of the molecule is COc1cccc(C2C(C(=O)CCc3ccccc3)=C(O)C(=O)N2Cc2cccnc2)c1. The number of hydrogen-bond donors (Lipinski definition) is 1. The molecule has 32 heavy (non-hydrogen) atoms. The van der Waals surface area contributed by atoms with Gasteiger partial charge in [-0.25, -0.2) is 0 Å². The quantitative estimate of drug-likeness (QED) is 0.582. The van der Waals surface area contributed by atoms with Gasteiger partial charge in [0.25, 0.3) is 5.91 Å². The van der Waals surface area contributed by atoms with Crippen LogP contribution in [0.4, 0.5) is 0 Å². The highest BCUT2D eigenvalue weighted by atomic mass is 16.5. The van der Waals surface area contributed by atoms with Gasteiger partial charge in [-0.3, -0.25) is 14.6 Å². The predicted molar refractivity (Wildman–Crippen MR) is 120 cm³/mol. The van der Waals surface area contributed by atoms with E-state index in [1.54, 1.807) is 37.7 Å². The molecule has 1 aliphatic rings. The average molecular weight is 428 g/mol. The molecule has 6 nitrogen and oxygen atoms in total. The van der Waals surface area contributed by atoms with E-state index in [4.69, 9.17) is 4.74 Å². The maximum atomic E-state index is 13.3. The minimum Gasteiger partial charge on any atom is -0.503 e. The number of ketones is 1. The second kappa shape index (κ2) is 9.47. The number of aliphatic hydroxyl groups is 1. The Balaban J connectivity index is 1.68. The highest BCUT2D eigenvalue weighted by molar-refractivity contribution is 6.09. The Hall–Kier alpha value is -3.93. The zero-order valence-electron chi connectivity index (χ0n) is 17.8. The maximum absolute atomic E-state index is 13.3. The van der Waals surface area contributed by atoms with Crippen molar-refractivity contribution in [2.45, 2.75) is 25.4 Å². The number of amides is 1. The highest BCUT2D eigenvalue weighted by Crippen LogP contribution is 2.40. The predicted octanol–water partition coefficient (Wildman–Crippen LogP) is 4.19. The molecule has 1 aliphatic heterocycles. The summed E-state index contributed by atoms with van der Waals surface area (Å²) in [7, 11) is 1.56. The van der Waals surface area contributed by atoms with E-state index in [1.165, 1.54) is 4.90 Å². The number of benzene rings is 2. The molecule has 1 amide bonds. The molecule has 1 aromatic heterocycles. The van der Waals surface area contributed by atoms with Crippen molar-refractivity contribution in [3.8, 4) is 5.75 Å². The average Bonchev–Trinajstić information content (AvgIpc) is 3.09. The number of aryl methyl sites for hydroxylation is 1. The Labute approximate surface area is 186 Å². The molecular formula is C26H24N2O4. The lowest BCUT2D eigenvalue weighted by molar-refractivity contribution is -0.130. The van der Waals surface area contributed by atoms with Crippen molar-refractivity contribution in [2.24, 2.45) is 0 Å². The van der Waals surface area contributed by atoms with Crippen molar-refractivity contribution >= 4 is 11.7 Å². The van der Waals surface area contributed by atoms with Crippen molar-refractivity contribution in [3.63, 3.8) is 0 Å². The summed E-state index contributed by atoms with van der Waals surface area (Å²) >= 11 is 0. The van der Waals surface area contributed by atoms with Gasteiger partial charge < -0.3 is 14.7 Å². The molecule has 3 aromatic rings. The highest BCUT2D eigenvalue weighted by Gasteiger charge is 2.43. The van der Waals surface area contributed by atoms with Crippen LogP contribution in [0, 0.1) is 0 Å². The van der Waals surface area contributed by atoms with Crippen molar-refractivity contribution in [1.82, 2.24) is 9.88 Å². The lowest BCUT2D eigenvalue weighted by Crippen LogP contribution is -2.30. The Kier molecular flexibility index (Phi) is 6.31. The Morgan fingerprint density at radius 2 is 1.84 bits per heavy atom. The van der Waals surface area contributed by atoms with Crippen LogP contribution in [0.3, 0.4) is 0 Å². The summed E-state index contributed by atoms with van der Waals surface area (Å²) in [5.41, 5.74) is 2.66. The Morgan fingerprint density at radius 1 is 1.06 bits per heavy atom. The van der Waals surface area contributed by atoms with Gasteiger partial charge in [0.15, 0.2) is 11.5 Å². The van der Waals surface area contributed by atoms with Crippen LogP contribution in [0.1, 0.15) is 29.2 Å². The van der Waals surface area contributed by atoms with Gasteiger partial charge in [0.05, 0.1) is 18.7 Å². The van der Waals surface area contributed by atoms with Crippen LogP contribution in [0.25, 0.3) is 0 Å². The normalized spacial score (nSPS) is 15.8. The molecule has 0 saturated heterocycles. The Bertz CT molecular complexity index is 1140. The third-order valence-electron chi connectivity index (χ3n) is 5.57. The second-order valence-corrected chi connectivity index (χ2v) is 7.64. The van der Waals surface area contributed by atoms with Crippen LogP contribution in [0.2, 0.25) is 0 Å². The molecule has 1 atom stereocenters. The lowest BCUT2D eigenvalue weighted by atomic mass is 9.93. The molecular weight excluding hydrogens is 404 g/mol. The second-order valence-electron chi connectivity index (χ2n) is 7.64. The van der Waals surface area contributed by atoms with Gasteiger partial charge in [-0.15, -0.1) is 0 Å². The zero-order chi connectivity index (χ0) is 22.5. The number of nitrogens with zero attached hydrogens (tertiary/aromatic N) is 2. The number of Topliss-reactive ketones (excluding diaryl/α,β-unsaturated/α-hetero) is 1. The number of hydrogen-bond acceptors (Lipinski definition) is 5. The van der Waals surface area contributed by atoms with E-state index in [0.29, 0.717) is 17.7 Å². The summed E-state index contributed by atoms with van der Waals surface area (Å²) in [4.78, 5) is 31.9. The van der Waals surface area contributed by atoms with Crippen LogP contribution in [0.5, 0.6) is 5.75 Å². The third kappa shape index (κ3) is 4.39. The fraction of sp³-hybridized carbons (Fsp3) is 0.192. The summed E-state index contributed by atoms with van der Waals surface area (Å²) in [6.45, 7) is 0.216. The molecule has 6 heteroatoms. The van der Waals surface area contributed by atoms with E-state index in [9.17, 15) is 14.7 Å². The summed E-state index contributed by atoms with van der Waals surface area (Å²) in [6, 6.07) is 19.8. The monoisotopic (exact) mass is 428 g/mol. The molecule has 0 spiro atoms. The van der Waals surface area contributed by atoms with E-state index in [-0.39, 0.29) is 24.3 Å². The molecule has 1 unspecified atom stereocenters. The van der Waals surface area contributed by atoms with Gasteiger partial charge in [0, 0.05) is 25.4 Å². The number of carbonyl (C=O) groups is 2. The van der Waals surface area contributed by atoms with Crippen LogP contribution < -0.4 is 4.74 Å². The molecule has 2 aromatic carbocycles. The van der Waals surface area contributed by atoms with Crippen LogP contribution in [-0.4, -0.2) is 33.8 Å². The van der Waals surface area contributed by atoms with E-state index in [0.717, 1.165) is 11.1 Å². The van der Waals surface area contributed by atoms with Crippen molar-refractivity contribution in [1.29, 1.82) is 0 Å². The number of rotatable bonds is 8. The zero-order valence-corrected chi connectivity index (χ0v) is 17.8. The van der Waals surface area contributed by atoms with Gasteiger partial charge in [0.2, 0.25) is 0 Å². The van der Waals surface area contributed by atoms with E-state index in [2.05, 4.69) is 4.98 Å². The van der Waals surface area contributed by atoms with Gasteiger partial charge in [-0.1, -0.05) is 48.5 Å². The van der Waals surface area contributed by atoms with Gasteiger partial charge >= 0.3 is 0 Å². The van der Waals surface area contributed by atoms with Crippen molar-refractivity contribution in [3.05, 3.63) is 107 Å². The Morgan fingerprint density at radius 3 is 2.56 bits per heavy atom. The number of aliphatic hydroxyl groups excluding tert-OH is 1. The first kappa shape index (κ1) is 21.3. The first-order valence-electron chi connectivity index (χ1n) is 10.4. The molecule has 0 bridgehead atoms. The number of pyridine rings is 1. The first-order chi connectivity index (χ1) is 15.6. The van der Waals surface area contributed by atoms with E-state index >= 15 is 0 Å². The smallest absolute Gasteiger partial charge is 0.290 e. The fourth-order valence-electron chi connectivity index (χ4n) is 3.99. The number of aromatic nitrogens is 1. The lowest BCUT2D eigenvalue weighted by Gasteiger charge is -2.27. The minimum absolute atomic E-state index is 0.128. The summed E-state index contributed by atoms with van der Waals surface area (Å²) in [5, 5.41) is 10.8. The number of ether oxygens (including phenoxy) is 1. The molecule has 0 radical (unpaired) electrons. The van der Waals surface area contributed by atoms with E-state index in [1.807, 2.05) is 48.5 Å². The summed E-state index contributed by atoms with van der Waals surface area (Å²) in [5.74, 6) is -0.690. The van der Waals surface area contributed by atoms with Crippen molar-refractivity contribution in [2.75, 3.05) is 7.11 Å². The third-order valence-corrected chi connectivity index (χ3v) is 5.57. The molecule has 162 valence electrons. The van der Waals surface area contributed by atoms with Gasteiger partial charge in [0.1, 0.15) is 5.75 Å². The van der Waals surface area contributed by atoms with Crippen LogP contribution in [0.15, 0.2) is 90.5 Å².